The van der Waals surface area contributed by atoms with E-state index in [1.165, 1.54) is 4.90 Å². The number of hydrogen-bond donors (Lipinski definition) is 4. The number of nitrogens with zero attached hydrogens (tertiary/aromatic N) is 2. The molecular weight excluding hydrogens is 572 g/mol. The van der Waals surface area contributed by atoms with Crippen LogP contribution in [-0.2, 0) is 20.9 Å². The molecule has 3 aromatic rings. The molecule has 0 unspecified atom stereocenters. The molecule has 2 atom stereocenters. The lowest BCUT2D eigenvalue weighted by Crippen LogP contribution is -2.52. The minimum absolute atomic E-state index is 0.0241. The van der Waals surface area contributed by atoms with E-state index in [-0.39, 0.29) is 25.3 Å². The Morgan fingerprint density at radius 1 is 0.822 bits per heavy atom. The number of nitrogens with two attached hydrogens (primary N) is 1. The maximum absolute atomic E-state index is 13.9. The fourth-order valence-electron chi connectivity index (χ4n) is 5.28. The zero-order chi connectivity index (χ0) is 32.7. The van der Waals surface area contributed by atoms with Crippen molar-refractivity contribution in [2.75, 3.05) is 10.6 Å². The van der Waals surface area contributed by atoms with E-state index in [4.69, 9.17) is 5.73 Å². The van der Waals surface area contributed by atoms with E-state index in [0.29, 0.717) is 16.9 Å². The van der Waals surface area contributed by atoms with Crippen molar-refractivity contribution in [3.05, 3.63) is 96.1 Å². The van der Waals surface area contributed by atoms with Crippen molar-refractivity contribution in [3.63, 3.8) is 0 Å². The monoisotopic (exact) mass is 612 g/mol. The number of benzene rings is 3. The highest BCUT2D eigenvalue weighted by molar-refractivity contribution is 6.09. The van der Waals surface area contributed by atoms with Gasteiger partial charge < -0.3 is 26.6 Å². The number of hydrogen-bond acceptors (Lipinski definition) is 5. The van der Waals surface area contributed by atoms with Crippen LogP contribution in [0.1, 0.15) is 57.7 Å². The van der Waals surface area contributed by atoms with Crippen molar-refractivity contribution in [2.45, 2.75) is 64.7 Å². The van der Waals surface area contributed by atoms with Gasteiger partial charge in [0.2, 0.25) is 11.8 Å². The molecule has 236 valence electrons. The second kappa shape index (κ2) is 14.1. The van der Waals surface area contributed by atoms with Gasteiger partial charge in [-0.2, -0.15) is 0 Å². The fraction of sp³-hybridized carbons (Fsp3) is 0.324. The second-order valence-corrected chi connectivity index (χ2v) is 12.0. The van der Waals surface area contributed by atoms with Gasteiger partial charge in [0, 0.05) is 17.9 Å². The Morgan fingerprint density at radius 2 is 1.38 bits per heavy atom. The van der Waals surface area contributed by atoms with Crippen molar-refractivity contribution in [1.82, 2.24) is 15.1 Å². The van der Waals surface area contributed by atoms with E-state index in [1.54, 1.807) is 74.5 Å². The van der Waals surface area contributed by atoms with Crippen LogP contribution in [0.5, 0.6) is 0 Å². The highest BCUT2D eigenvalue weighted by Gasteiger charge is 2.54. The molecule has 3 aromatic carbocycles. The molecule has 45 heavy (non-hydrogen) atoms. The van der Waals surface area contributed by atoms with Crippen molar-refractivity contribution in [1.29, 1.82) is 0 Å². The first kappa shape index (κ1) is 32.7. The first-order chi connectivity index (χ1) is 21.4. The average molecular weight is 613 g/mol. The van der Waals surface area contributed by atoms with Crippen molar-refractivity contribution in [3.8, 4) is 0 Å². The molecule has 0 aromatic heterocycles. The van der Waals surface area contributed by atoms with Crippen LogP contribution in [0.25, 0.3) is 0 Å². The Bertz CT molecular complexity index is 1530. The Kier molecular flexibility index (Phi) is 10.2. The molecule has 0 bridgehead atoms. The van der Waals surface area contributed by atoms with E-state index in [9.17, 15) is 24.0 Å². The van der Waals surface area contributed by atoms with Crippen LogP contribution in [0.2, 0.25) is 0 Å². The minimum Gasteiger partial charge on any atom is -0.370 e. The Morgan fingerprint density at radius 3 is 1.93 bits per heavy atom. The number of amides is 7. The molecule has 7 amide bonds. The number of urea groups is 2. The van der Waals surface area contributed by atoms with E-state index in [2.05, 4.69) is 16.0 Å². The standard InChI is InChI=1S/C34H40N6O5/c1-22(2)19-28(30(42)38-27(20-29(35)41)24-11-7-5-8-12-24)40-31(43)34(3,4)39(33(40)45)21-23-15-17-26(18-16-23)37-32(44)36-25-13-9-6-10-14-25/h5-18,22,27-28H,19-21H2,1-4H3,(H2,35,41)(H,38,42)(H2,36,37,44)/t27-,28-/m0/s1. The zero-order valence-corrected chi connectivity index (χ0v) is 25.9. The average Bonchev–Trinajstić information content (AvgIpc) is 3.15. The maximum Gasteiger partial charge on any atom is 0.328 e. The van der Waals surface area contributed by atoms with E-state index in [1.807, 2.05) is 38.1 Å². The lowest BCUT2D eigenvalue weighted by atomic mass is 9.98. The number of imide groups is 1. The largest absolute Gasteiger partial charge is 0.370 e. The first-order valence-electron chi connectivity index (χ1n) is 14.9. The Labute approximate surface area is 263 Å². The van der Waals surface area contributed by atoms with Gasteiger partial charge in [0.1, 0.15) is 11.6 Å². The topological polar surface area (TPSA) is 154 Å². The SMILES string of the molecule is CC(C)C[C@@H](C(=O)N[C@@H](CC(N)=O)c1ccccc1)N1C(=O)N(Cc2ccc(NC(=O)Nc3ccccc3)cc2)C(C)(C)C1=O. The summed E-state index contributed by atoms with van der Waals surface area (Å²) < 4.78 is 0. The van der Waals surface area contributed by atoms with E-state index < -0.39 is 47.4 Å². The molecular formula is C34H40N6O5. The van der Waals surface area contributed by atoms with Crippen molar-refractivity contribution in [2.24, 2.45) is 11.7 Å². The predicted molar refractivity (Wildman–Crippen MR) is 172 cm³/mol. The number of anilines is 2. The molecule has 1 fully saturated rings. The summed E-state index contributed by atoms with van der Waals surface area (Å²) in [6, 6.07) is 22.2. The minimum atomic E-state index is -1.23. The molecule has 4 rings (SSSR count). The second-order valence-electron chi connectivity index (χ2n) is 12.0. The Hall–Kier alpha value is -5.19. The lowest BCUT2D eigenvalue weighted by Gasteiger charge is -2.29. The van der Waals surface area contributed by atoms with Gasteiger partial charge in [0.15, 0.2) is 0 Å². The van der Waals surface area contributed by atoms with Gasteiger partial charge in [0.25, 0.3) is 5.91 Å². The van der Waals surface area contributed by atoms with Crippen LogP contribution >= 0.6 is 0 Å². The molecule has 1 saturated heterocycles. The highest BCUT2D eigenvalue weighted by Crippen LogP contribution is 2.33. The Balaban J connectivity index is 1.50. The molecule has 0 radical (unpaired) electrons. The summed E-state index contributed by atoms with van der Waals surface area (Å²) in [5.41, 5.74) is 6.87. The lowest BCUT2D eigenvalue weighted by molar-refractivity contribution is -0.139. The molecule has 0 aliphatic carbocycles. The van der Waals surface area contributed by atoms with Crippen LogP contribution in [0, 0.1) is 5.92 Å². The third kappa shape index (κ3) is 8.05. The van der Waals surface area contributed by atoms with Gasteiger partial charge in [-0.3, -0.25) is 14.4 Å². The summed E-state index contributed by atoms with van der Waals surface area (Å²) in [5, 5.41) is 8.39. The summed E-state index contributed by atoms with van der Waals surface area (Å²) >= 11 is 0. The third-order valence-corrected chi connectivity index (χ3v) is 7.67. The number of primary amides is 1. The van der Waals surface area contributed by atoms with Crippen molar-refractivity contribution >= 4 is 41.2 Å². The summed E-state index contributed by atoms with van der Waals surface area (Å²) in [5.74, 6) is -1.65. The van der Waals surface area contributed by atoms with Gasteiger partial charge in [0.05, 0.1) is 12.5 Å². The summed E-state index contributed by atoms with van der Waals surface area (Å²) in [7, 11) is 0. The van der Waals surface area contributed by atoms with Crippen LogP contribution in [-0.4, -0.2) is 51.2 Å². The van der Waals surface area contributed by atoms with Crippen LogP contribution in [0.4, 0.5) is 21.0 Å². The summed E-state index contributed by atoms with van der Waals surface area (Å²) in [4.78, 5) is 68.1. The van der Waals surface area contributed by atoms with Gasteiger partial charge in [-0.1, -0.05) is 74.5 Å². The van der Waals surface area contributed by atoms with Gasteiger partial charge in [-0.25, -0.2) is 14.5 Å². The predicted octanol–water partition coefficient (Wildman–Crippen LogP) is 5.02. The first-order valence-corrected chi connectivity index (χ1v) is 14.9. The van der Waals surface area contributed by atoms with E-state index >= 15 is 0 Å². The normalized spacial score (nSPS) is 15.5. The fourth-order valence-corrected chi connectivity index (χ4v) is 5.28. The molecule has 1 aliphatic rings. The highest BCUT2D eigenvalue weighted by atomic mass is 16.2. The van der Waals surface area contributed by atoms with E-state index in [0.717, 1.165) is 10.5 Å². The number of rotatable bonds is 12. The number of nitrogens with one attached hydrogen (secondary N) is 3. The smallest absolute Gasteiger partial charge is 0.328 e. The van der Waals surface area contributed by atoms with Gasteiger partial charge in [-0.05, 0) is 61.6 Å². The van der Waals surface area contributed by atoms with Crippen LogP contribution in [0.15, 0.2) is 84.9 Å². The summed E-state index contributed by atoms with van der Waals surface area (Å²) in [6.45, 7) is 7.22. The molecule has 11 heteroatoms. The zero-order valence-electron chi connectivity index (χ0n) is 25.9. The molecule has 0 saturated carbocycles. The molecule has 1 aliphatic heterocycles. The molecule has 1 heterocycles. The van der Waals surface area contributed by atoms with Crippen LogP contribution in [0.3, 0.4) is 0 Å². The molecule has 5 N–H and O–H groups in total. The molecule has 11 nitrogen and oxygen atoms in total. The summed E-state index contributed by atoms with van der Waals surface area (Å²) in [6.07, 6.45) is 0.0964. The van der Waals surface area contributed by atoms with Gasteiger partial charge in [-0.15, -0.1) is 0 Å². The quantitative estimate of drug-likeness (QED) is 0.212. The maximum atomic E-state index is 13.9. The number of para-hydroxylation sites is 1. The third-order valence-electron chi connectivity index (χ3n) is 7.67. The number of carbonyl (C=O) groups excluding carboxylic acids is 5. The number of carbonyl (C=O) groups is 5. The van der Waals surface area contributed by atoms with Crippen molar-refractivity contribution < 1.29 is 24.0 Å². The van der Waals surface area contributed by atoms with Crippen LogP contribution < -0.4 is 21.7 Å². The van der Waals surface area contributed by atoms with Gasteiger partial charge >= 0.3 is 12.1 Å². The molecule has 0 spiro atoms.